The molecule has 1 N–H and O–H groups in total. The fraction of sp³-hybridized carbons (Fsp3) is 0.133. The van der Waals surface area contributed by atoms with Gasteiger partial charge >= 0.3 is 12.1 Å². The lowest BCUT2D eigenvalue weighted by Gasteiger charge is -2.11. The molecule has 0 radical (unpaired) electrons. The van der Waals surface area contributed by atoms with E-state index >= 15 is 0 Å². The summed E-state index contributed by atoms with van der Waals surface area (Å²) in [5, 5.41) is 12.9. The van der Waals surface area contributed by atoms with Gasteiger partial charge in [0.25, 0.3) is 0 Å². The number of carboxylic acids is 1. The smallest absolute Gasteiger partial charge is 0.393 e. The van der Waals surface area contributed by atoms with Gasteiger partial charge in [0, 0.05) is 11.8 Å². The Kier molecular flexibility index (Phi) is 3.51. The van der Waals surface area contributed by atoms with Crippen molar-refractivity contribution in [1.29, 1.82) is 0 Å². The van der Waals surface area contributed by atoms with Gasteiger partial charge in [-0.1, -0.05) is 24.3 Å². The summed E-state index contributed by atoms with van der Waals surface area (Å²) in [4.78, 5) is 15.3. The molecule has 0 amide bonds. The van der Waals surface area contributed by atoms with Gasteiger partial charge in [0.15, 0.2) is 5.65 Å². The summed E-state index contributed by atoms with van der Waals surface area (Å²) in [6.07, 6.45) is -2.81. The lowest BCUT2D eigenvalue weighted by Crippen LogP contribution is -2.12. The first-order valence-electron chi connectivity index (χ1n) is 6.58. The number of hydrogen-bond donors (Lipinski definition) is 1. The number of rotatable bonds is 3. The zero-order valence-corrected chi connectivity index (χ0v) is 11.6. The van der Waals surface area contributed by atoms with Crippen molar-refractivity contribution in [3.05, 3.63) is 53.9 Å². The molecule has 0 aliphatic carbocycles. The molecule has 0 atom stereocenters. The highest BCUT2D eigenvalue weighted by molar-refractivity contribution is 5.94. The van der Waals surface area contributed by atoms with Crippen molar-refractivity contribution in [3.63, 3.8) is 0 Å². The summed E-state index contributed by atoms with van der Waals surface area (Å²) >= 11 is 0. The first-order chi connectivity index (χ1) is 10.8. The Morgan fingerprint density at radius 3 is 2.65 bits per heavy atom. The average Bonchev–Trinajstić information content (AvgIpc) is 2.89. The molecule has 0 bridgehead atoms. The van der Waals surface area contributed by atoms with Crippen molar-refractivity contribution < 1.29 is 23.1 Å². The average molecular weight is 321 g/mol. The van der Waals surface area contributed by atoms with Crippen molar-refractivity contribution >= 4 is 11.6 Å². The monoisotopic (exact) mass is 321 g/mol. The van der Waals surface area contributed by atoms with E-state index in [2.05, 4.69) is 10.1 Å². The van der Waals surface area contributed by atoms with Gasteiger partial charge in [-0.3, -0.25) is 0 Å². The van der Waals surface area contributed by atoms with Crippen LogP contribution in [-0.2, 0) is 6.42 Å². The number of fused-ring (bicyclic) bond motifs is 1. The van der Waals surface area contributed by atoms with E-state index in [1.807, 2.05) is 0 Å². The van der Waals surface area contributed by atoms with Crippen molar-refractivity contribution in [2.75, 3.05) is 0 Å². The van der Waals surface area contributed by atoms with Crippen LogP contribution in [0.4, 0.5) is 13.2 Å². The van der Waals surface area contributed by atoms with Gasteiger partial charge in [-0.25, -0.2) is 14.3 Å². The lowest BCUT2D eigenvalue weighted by molar-refractivity contribution is -0.127. The number of alkyl halides is 3. The molecule has 0 fully saturated rings. The molecule has 0 saturated carbocycles. The third-order valence-corrected chi connectivity index (χ3v) is 3.28. The SMILES string of the molecule is O=C(O)c1cnn2ccc(-c3ccccc3CC(F)(F)F)nc12. The summed E-state index contributed by atoms with van der Waals surface area (Å²) in [6.45, 7) is 0. The van der Waals surface area contributed by atoms with E-state index in [1.54, 1.807) is 6.07 Å². The maximum Gasteiger partial charge on any atom is 0.393 e. The largest absolute Gasteiger partial charge is 0.477 e. The van der Waals surface area contributed by atoms with Crippen molar-refractivity contribution in [1.82, 2.24) is 14.6 Å². The topological polar surface area (TPSA) is 67.5 Å². The molecule has 2 aromatic heterocycles. The van der Waals surface area contributed by atoms with E-state index in [1.165, 1.54) is 35.0 Å². The second kappa shape index (κ2) is 5.38. The van der Waals surface area contributed by atoms with Crippen molar-refractivity contribution in [3.8, 4) is 11.3 Å². The fourth-order valence-corrected chi connectivity index (χ4v) is 2.31. The van der Waals surface area contributed by atoms with Gasteiger partial charge < -0.3 is 5.11 Å². The minimum Gasteiger partial charge on any atom is -0.477 e. The molecule has 0 unspecified atom stereocenters. The number of benzene rings is 1. The van der Waals surface area contributed by atoms with E-state index in [0.717, 1.165) is 6.20 Å². The maximum absolute atomic E-state index is 12.7. The number of halogens is 3. The standard InChI is InChI=1S/C15H10F3N3O2/c16-15(17,18)7-9-3-1-2-4-10(9)12-5-6-21-13(20-12)11(8-19-21)14(22)23/h1-6,8H,7H2,(H,22,23). The number of hydrogen-bond acceptors (Lipinski definition) is 3. The van der Waals surface area contributed by atoms with Crippen LogP contribution in [0.3, 0.4) is 0 Å². The van der Waals surface area contributed by atoms with E-state index in [0.29, 0.717) is 5.56 Å². The predicted molar refractivity (Wildman–Crippen MR) is 75.1 cm³/mol. The molecule has 1 aromatic carbocycles. The Balaban J connectivity index is 2.14. The predicted octanol–water partition coefficient (Wildman–Crippen LogP) is 3.20. The number of carbonyl (C=O) groups is 1. The molecular formula is C15H10F3N3O2. The summed E-state index contributed by atoms with van der Waals surface area (Å²) in [7, 11) is 0. The van der Waals surface area contributed by atoms with Crippen LogP contribution in [0.5, 0.6) is 0 Å². The normalized spacial score (nSPS) is 11.8. The zero-order valence-electron chi connectivity index (χ0n) is 11.6. The molecule has 2 heterocycles. The van der Waals surface area contributed by atoms with E-state index in [9.17, 15) is 18.0 Å². The van der Waals surface area contributed by atoms with E-state index < -0.39 is 18.6 Å². The first-order valence-corrected chi connectivity index (χ1v) is 6.58. The fourth-order valence-electron chi connectivity index (χ4n) is 2.31. The van der Waals surface area contributed by atoms with Crippen LogP contribution in [0.15, 0.2) is 42.7 Å². The lowest BCUT2D eigenvalue weighted by atomic mass is 10.0. The van der Waals surface area contributed by atoms with Gasteiger partial charge in [-0.15, -0.1) is 0 Å². The second-order valence-electron chi connectivity index (χ2n) is 4.89. The van der Waals surface area contributed by atoms with Gasteiger partial charge in [0.2, 0.25) is 0 Å². The number of carboxylic acid groups (broad SMARTS) is 1. The van der Waals surface area contributed by atoms with Crippen LogP contribution >= 0.6 is 0 Å². The summed E-state index contributed by atoms with van der Waals surface area (Å²) in [5.41, 5.74) is 0.621. The molecule has 3 rings (SSSR count). The third-order valence-electron chi connectivity index (χ3n) is 3.28. The molecule has 0 spiro atoms. The highest BCUT2D eigenvalue weighted by Crippen LogP contribution is 2.29. The maximum atomic E-state index is 12.7. The Morgan fingerprint density at radius 2 is 1.96 bits per heavy atom. The summed E-state index contributed by atoms with van der Waals surface area (Å²) in [5.74, 6) is -1.20. The third kappa shape index (κ3) is 3.01. The molecule has 0 aliphatic rings. The highest BCUT2D eigenvalue weighted by Gasteiger charge is 2.29. The van der Waals surface area contributed by atoms with Gasteiger partial charge in [-0.2, -0.15) is 18.3 Å². The Bertz CT molecular complexity index is 887. The van der Waals surface area contributed by atoms with E-state index in [-0.39, 0.29) is 22.5 Å². The minimum absolute atomic E-state index is 0.0771. The number of aromatic carboxylic acids is 1. The van der Waals surface area contributed by atoms with E-state index in [4.69, 9.17) is 5.11 Å². The Morgan fingerprint density at radius 1 is 1.22 bits per heavy atom. The highest BCUT2D eigenvalue weighted by atomic mass is 19.4. The van der Waals surface area contributed by atoms with Gasteiger partial charge in [0.1, 0.15) is 5.56 Å². The van der Waals surface area contributed by atoms with Crippen LogP contribution in [0.2, 0.25) is 0 Å². The molecular weight excluding hydrogens is 311 g/mol. The summed E-state index contributed by atoms with van der Waals surface area (Å²) < 4.78 is 39.4. The molecule has 3 aromatic rings. The van der Waals surface area contributed by atoms with Crippen LogP contribution in [0.1, 0.15) is 15.9 Å². The van der Waals surface area contributed by atoms with Crippen LogP contribution in [0.25, 0.3) is 16.9 Å². The number of nitrogens with zero attached hydrogens (tertiary/aromatic N) is 3. The van der Waals surface area contributed by atoms with Gasteiger partial charge in [-0.05, 0) is 11.6 Å². The van der Waals surface area contributed by atoms with Crippen molar-refractivity contribution in [2.45, 2.75) is 12.6 Å². The quantitative estimate of drug-likeness (QED) is 0.804. The number of aromatic nitrogens is 3. The molecule has 0 saturated heterocycles. The van der Waals surface area contributed by atoms with Crippen LogP contribution in [0, 0.1) is 0 Å². The molecule has 0 aliphatic heterocycles. The zero-order chi connectivity index (χ0) is 16.6. The molecule has 118 valence electrons. The Hall–Kier alpha value is -2.90. The van der Waals surface area contributed by atoms with Gasteiger partial charge in [0.05, 0.1) is 18.3 Å². The second-order valence-corrected chi connectivity index (χ2v) is 4.89. The Labute approximate surface area is 128 Å². The first kappa shape index (κ1) is 15.0. The molecule has 23 heavy (non-hydrogen) atoms. The van der Waals surface area contributed by atoms with Crippen molar-refractivity contribution in [2.24, 2.45) is 0 Å². The van der Waals surface area contributed by atoms with Crippen LogP contribution in [-0.4, -0.2) is 31.9 Å². The molecule has 8 heteroatoms. The molecule has 5 nitrogen and oxygen atoms in total. The van der Waals surface area contributed by atoms with Crippen LogP contribution < -0.4 is 0 Å². The summed E-state index contributed by atoms with van der Waals surface area (Å²) in [6, 6.07) is 7.53. The minimum atomic E-state index is -4.34.